The first-order valence-corrected chi connectivity index (χ1v) is 9.21. The van der Waals surface area contributed by atoms with E-state index >= 15 is 0 Å². The largest absolute Gasteiger partial charge is 0.471 e. The molecule has 10 heteroatoms. The van der Waals surface area contributed by atoms with Gasteiger partial charge in [0, 0.05) is 32.1 Å². The van der Waals surface area contributed by atoms with Gasteiger partial charge in [0.05, 0.1) is 16.6 Å². The Morgan fingerprint density at radius 1 is 1.21 bits per heavy atom. The Kier molecular flexibility index (Phi) is 6.21. The molecular weight excluding hydrogens is 408 g/mol. The second-order valence-corrected chi connectivity index (χ2v) is 6.84. The van der Waals surface area contributed by atoms with Gasteiger partial charge in [-0.25, -0.2) is 9.07 Å². The Labute approximate surface area is 171 Å². The molecule has 7 nitrogen and oxygen atoms in total. The Balaban J connectivity index is 1.61. The molecule has 3 aromatic rings. The third kappa shape index (κ3) is 4.63. The minimum atomic E-state index is -0.520. The molecular formula is C18H18Cl2FN5O2. The van der Waals surface area contributed by atoms with Crippen molar-refractivity contribution in [3.8, 4) is 5.75 Å². The molecule has 2 heterocycles. The van der Waals surface area contributed by atoms with Gasteiger partial charge < -0.3 is 9.64 Å². The van der Waals surface area contributed by atoms with Crippen LogP contribution >= 0.6 is 23.2 Å². The second-order valence-electron chi connectivity index (χ2n) is 6.03. The first-order valence-electron chi connectivity index (χ1n) is 8.46. The van der Waals surface area contributed by atoms with Gasteiger partial charge >= 0.3 is 0 Å². The van der Waals surface area contributed by atoms with E-state index in [4.69, 9.17) is 27.9 Å². The van der Waals surface area contributed by atoms with Gasteiger partial charge in [-0.3, -0.25) is 9.48 Å². The molecule has 0 aliphatic rings. The van der Waals surface area contributed by atoms with Gasteiger partial charge in [-0.1, -0.05) is 23.2 Å². The molecule has 0 aliphatic heterocycles. The van der Waals surface area contributed by atoms with E-state index in [1.165, 1.54) is 27.8 Å². The number of ether oxygens (including phenoxy) is 1. The molecule has 0 radical (unpaired) electrons. The third-order valence-corrected chi connectivity index (χ3v) is 4.56. The third-order valence-electron chi connectivity index (χ3n) is 3.96. The fraction of sp³-hybridized carbons (Fsp3) is 0.278. The molecule has 0 fully saturated rings. The summed E-state index contributed by atoms with van der Waals surface area (Å²) in [5, 5.41) is 9.02. The van der Waals surface area contributed by atoms with Gasteiger partial charge in [-0.2, -0.15) is 10.2 Å². The fourth-order valence-electron chi connectivity index (χ4n) is 2.45. The predicted molar refractivity (Wildman–Crippen MR) is 103 cm³/mol. The maximum absolute atomic E-state index is 13.2. The summed E-state index contributed by atoms with van der Waals surface area (Å²) < 4.78 is 21.8. The summed E-state index contributed by atoms with van der Waals surface area (Å²) in [6, 6.07) is 5.64. The molecule has 0 bridgehead atoms. The summed E-state index contributed by atoms with van der Waals surface area (Å²) in [7, 11) is 1.65. The summed E-state index contributed by atoms with van der Waals surface area (Å²) in [6.45, 7) is 2.96. The van der Waals surface area contributed by atoms with E-state index in [0.29, 0.717) is 23.0 Å². The first kappa shape index (κ1) is 20.2. The van der Waals surface area contributed by atoms with Crippen LogP contribution in [0.2, 0.25) is 10.0 Å². The predicted octanol–water partition coefficient (Wildman–Crippen LogP) is 3.85. The smallest absolute Gasteiger partial charge is 0.274 e. The standard InChI is InChI=1S/C18H18Cl2FN5O2/c1-3-25-9-14(20)17(23-25)10-24(2)18(27)16-6-7-26(22-16)11-28-12-4-5-15(21)13(19)8-12/h4-9H,3,10-11H2,1-2H3. The molecule has 0 atom stereocenters. The van der Waals surface area contributed by atoms with Crippen LogP contribution in [0.1, 0.15) is 23.1 Å². The number of amides is 1. The number of rotatable bonds is 7. The molecule has 0 spiro atoms. The molecule has 148 valence electrons. The summed E-state index contributed by atoms with van der Waals surface area (Å²) >= 11 is 11.9. The average molecular weight is 426 g/mol. The van der Waals surface area contributed by atoms with E-state index < -0.39 is 5.82 Å². The zero-order valence-electron chi connectivity index (χ0n) is 15.3. The van der Waals surface area contributed by atoms with Crippen LogP contribution < -0.4 is 4.74 Å². The van der Waals surface area contributed by atoms with Gasteiger partial charge in [0.1, 0.15) is 17.3 Å². The molecule has 1 amide bonds. The van der Waals surface area contributed by atoms with Crippen molar-refractivity contribution < 1.29 is 13.9 Å². The lowest BCUT2D eigenvalue weighted by Gasteiger charge is -2.14. The van der Waals surface area contributed by atoms with Crippen molar-refractivity contribution in [3.05, 3.63) is 63.9 Å². The van der Waals surface area contributed by atoms with Gasteiger partial charge in [0.25, 0.3) is 5.91 Å². The molecule has 0 aliphatic carbocycles. The van der Waals surface area contributed by atoms with Crippen LogP contribution in [0.25, 0.3) is 0 Å². The van der Waals surface area contributed by atoms with Crippen molar-refractivity contribution >= 4 is 29.1 Å². The maximum Gasteiger partial charge on any atom is 0.274 e. The van der Waals surface area contributed by atoms with Crippen LogP contribution in [0.5, 0.6) is 5.75 Å². The minimum absolute atomic E-state index is 0.0281. The van der Waals surface area contributed by atoms with E-state index in [1.807, 2.05) is 6.92 Å². The minimum Gasteiger partial charge on any atom is -0.471 e. The first-order chi connectivity index (χ1) is 13.4. The summed E-state index contributed by atoms with van der Waals surface area (Å²) in [5.74, 6) is -0.397. The topological polar surface area (TPSA) is 65.2 Å². The highest BCUT2D eigenvalue weighted by Gasteiger charge is 2.18. The van der Waals surface area contributed by atoms with Crippen molar-refractivity contribution in [2.45, 2.75) is 26.7 Å². The van der Waals surface area contributed by atoms with E-state index in [1.54, 1.807) is 30.2 Å². The molecule has 0 N–H and O–H groups in total. The fourth-order valence-corrected chi connectivity index (χ4v) is 2.83. The van der Waals surface area contributed by atoms with Crippen LogP contribution in [-0.4, -0.2) is 37.4 Å². The van der Waals surface area contributed by atoms with Gasteiger partial charge in [-0.05, 0) is 25.1 Å². The molecule has 0 unspecified atom stereocenters. The second kappa shape index (κ2) is 8.62. The Morgan fingerprint density at radius 2 is 2.00 bits per heavy atom. The normalized spacial score (nSPS) is 10.9. The highest BCUT2D eigenvalue weighted by molar-refractivity contribution is 6.31. The SMILES string of the molecule is CCn1cc(Cl)c(CN(C)C(=O)c2ccn(COc3ccc(F)c(Cl)c3)n2)n1. The maximum atomic E-state index is 13.2. The lowest BCUT2D eigenvalue weighted by Crippen LogP contribution is -2.27. The zero-order chi connectivity index (χ0) is 20.3. The monoisotopic (exact) mass is 425 g/mol. The number of halogens is 3. The van der Waals surface area contributed by atoms with Crippen LogP contribution in [0.4, 0.5) is 4.39 Å². The number of carbonyl (C=O) groups excluding carboxylic acids is 1. The van der Waals surface area contributed by atoms with E-state index in [-0.39, 0.29) is 29.9 Å². The number of aryl methyl sites for hydroxylation is 1. The van der Waals surface area contributed by atoms with Gasteiger partial charge in [-0.15, -0.1) is 0 Å². The molecule has 28 heavy (non-hydrogen) atoms. The lowest BCUT2D eigenvalue weighted by atomic mass is 10.3. The summed E-state index contributed by atoms with van der Waals surface area (Å²) in [6.07, 6.45) is 3.34. The molecule has 2 aromatic heterocycles. The van der Waals surface area contributed by atoms with Crippen molar-refractivity contribution in [1.82, 2.24) is 24.5 Å². The van der Waals surface area contributed by atoms with Crippen LogP contribution in [-0.2, 0) is 19.8 Å². The van der Waals surface area contributed by atoms with E-state index in [9.17, 15) is 9.18 Å². The summed E-state index contributed by atoms with van der Waals surface area (Å²) in [5.41, 5.74) is 0.879. The van der Waals surface area contributed by atoms with Crippen LogP contribution in [0.3, 0.4) is 0 Å². The number of hydrogen-bond donors (Lipinski definition) is 0. The number of aromatic nitrogens is 4. The molecule has 0 saturated carbocycles. The number of nitrogens with zero attached hydrogens (tertiary/aromatic N) is 5. The Hall–Kier alpha value is -2.58. The number of carbonyl (C=O) groups is 1. The highest BCUT2D eigenvalue weighted by Crippen LogP contribution is 2.21. The molecule has 1 aromatic carbocycles. The van der Waals surface area contributed by atoms with Crippen LogP contribution in [0.15, 0.2) is 36.7 Å². The Bertz CT molecular complexity index is 988. The van der Waals surface area contributed by atoms with Crippen molar-refractivity contribution in [1.29, 1.82) is 0 Å². The van der Waals surface area contributed by atoms with Gasteiger partial charge in [0.2, 0.25) is 0 Å². The van der Waals surface area contributed by atoms with E-state index in [2.05, 4.69) is 10.2 Å². The van der Waals surface area contributed by atoms with Crippen molar-refractivity contribution in [2.24, 2.45) is 0 Å². The van der Waals surface area contributed by atoms with Gasteiger partial charge in [0.15, 0.2) is 12.4 Å². The Morgan fingerprint density at radius 3 is 2.68 bits per heavy atom. The van der Waals surface area contributed by atoms with Crippen LogP contribution in [0, 0.1) is 5.82 Å². The highest BCUT2D eigenvalue weighted by atomic mass is 35.5. The molecule has 3 rings (SSSR count). The van der Waals surface area contributed by atoms with Crippen molar-refractivity contribution in [3.63, 3.8) is 0 Å². The van der Waals surface area contributed by atoms with Crippen molar-refractivity contribution in [2.75, 3.05) is 7.05 Å². The lowest BCUT2D eigenvalue weighted by molar-refractivity contribution is 0.0775. The molecule has 0 saturated heterocycles. The average Bonchev–Trinajstić information content (AvgIpc) is 3.29. The number of hydrogen-bond acceptors (Lipinski definition) is 4. The summed E-state index contributed by atoms with van der Waals surface area (Å²) in [4.78, 5) is 14.1. The zero-order valence-corrected chi connectivity index (χ0v) is 16.8. The quantitative estimate of drug-likeness (QED) is 0.576. The number of benzene rings is 1. The van der Waals surface area contributed by atoms with E-state index in [0.717, 1.165) is 0 Å².